The molecule has 2 nitrogen and oxygen atoms in total. The van der Waals surface area contributed by atoms with Gasteiger partial charge in [-0.3, -0.25) is 0 Å². The Hall–Kier alpha value is -1.09. The standard InChI is InChI=1S/C12H15NOS/c1-8(2)6-10-7-11(13-14-10)12-5-4-9(3)15-12/h4-5,7-8H,6H2,1-3H3. The SMILES string of the molecule is Cc1ccc(-c2cc(CC(C)C)on2)s1. The van der Waals surface area contributed by atoms with Crippen LogP contribution in [0.2, 0.25) is 0 Å². The molecule has 0 spiro atoms. The highest BCUT2D eigenvalue weighted by molar-refractivity contribution is 7.15. The van der Waals surface area contributed by atoms with Crippen LogP contribution < -0.4 is 0 Å². The lowest BCUT2D eigenvalue weighted by Crippen LogP contribution is -1.90. The lowest BCUT2D eigenvalue weighted by Gasteiger charge is -1.96. The van der Waals surface area contributed by atoms with E-state index in [0.29, 0.717) is 5.92 Å². The van der Waals surface area contributed by atoms with Gasteiger partial charge in [-0.2, -0.15) is 0 Å². The summed E-state index contributed by atoms with van der Waals surface area (Å²) < 4.78 is 5.30. The first-order chi connectivity index (χ1) is 7.15. The molecule has 15 heavy (non-hydrogen) atoms. The monoisotopic (exact) mass is 221 g/mol. The number of nitrogens with zero attached hydrogens (tertiary/aromatic N) is 1. The molecule has 0 aliphatic rings. The summed E-state index contributed by atoms with van der Waals surface area (Å²) in [4.78, 5) is 2.49. The van der Waals surface area contributed by atoms with Crippen molar-refractivity contribution in [2.45, 2.75) is 27.2 Å². The first-order valence-electron chi connectivity index (χ1n) is 5.17. The van der Waals surface area contributed by atoms with Crippen LogP contribution in [-0.4, -0.2) is 5.16 Å². The summed E-state index contributed by atoms with van der Waals surface area (Å²) in [6.07, 6.45) is 0.956. The Bertz CT molecular complexity index is 442. The van der Waals surface area contributed by atoms with Crippen LogP contribution in [0.1, 0.15) is 24.5 Å². The van der Waals surface area contributed by atoms with Crippen molar-refractivity contribution in [3.05, 3.63) is 28.8 Å². The molecule has 0 aromatic carbocycles. The maximum absolute atomic E-state index is 5.30. The van der Waals surface area contributed by atoms with Crippen molar-refractivity contribution in [3.8, 4) is 10.6 Å². The minimum atomic E-state index is 0.607. The molecule has 0 saturated heterocycles. The fourth-order valence-corrected chi connectivity index (χ4v) is 2.32. The highest BCUT2D eigenvalue weighted by Gasteiger charge is 2.09. The van der Waals surface area contributed by atoms with Crippen LogP contribution >= 0.6 is 11.3 Å². The van der Waals surface area contributed by atoms with Crippen molar-refractivity contribution in [1.29, 1.82) is 0 Å². The van der Waals surface area contributed by atoms with Crippen molar-refractivity contribution < 1.29 is 4.52 Å². The van der Waals surface area contributed by atoms with E-state index < -0.39 is 0 Å². The zero-order valence-electron chi connectivity index (χ0n) is 9.28. The third-order valence-corrected chi connectivity index (χ3v) is 3.18. The number of aryl methyl sites for hydroxylation is 1. The van der Waals surface area contributed by atoms with Crippen molar-refractivity contribution in [2.75, 3.05) is 0 Å². The van der Waals surface area contributed by atoms with Crippen molar-refractivity contribution in [2.24, 2.45) is 5.92 Å². The van der Waals surface area contributed by atoms with Gasteiger partial charge >= 0.3 is 0 Å². The highest BCUT2D eigenvalue weighted by atomic mass is 32.1. The normalized spacial score (nSPS) is 11.2. The maximum Gasteiger partial charge on any atom is 0.137 e. The molecule has 0 aliphatic carbocycles. The van der Waals surface area contributed by atoms with Crippen molar-refractivity contribution in [3.63, 3.8) is 0 Å². The summed E-state index contributed by atoms with van der Waals surface area (Å²) in [5.41, 5.74) is 0.962. The van der Waals surface area contributed by atoms with E-state index in [-0.39, 0.29) is 0 Å². The summed E-state index contributed by atoms with van der Waals surface area (Å²) in [6.45, 7) is 6.46. The predicted octanol–water partition coefficient (Wildman–Crippen LogP) is 3.91. The van der Waals surface area contributed by atoms with Crippen LogP contribution in [0.4, 0.5) is 0 Å². The third kappa shape index (κ3) is 2.48. The average molecular weight is 221 g/mol. The molecule has 80 valence electrons. The molecule has 3 heteroatoms. The summed E-state index contributed by atoms with van der Waals surface area (Å²) in [7, 11) is 0. The molecule has 0 N–H and O–H groups in total. The largest absolute Gasteiger partial charge is 0.361 e. The van der Waals surface area contributed by atoms with Crippen LogP contribution in [-0.2, 0) is 6.42 Å². The van der Waals surface area contributed by atoms with E-state index in [4.69, 9.17) is 4.52 Å². The number of hydrogen-bond acceptors (Lipinski definition) is 3. The Morgan fingerprint density at radius 1 is 1.40 bits per heavy atom. The Labute approximate surface area is 93.9 Å². The molecule has 2 aromatic heterocycles. The summed E-state index contributed by atoms with van der Waals surface area (Å²) in [5.74, 6) is 1.59. The van der Waals surface area contributed by atoms with E-state index in [1.807, 2.05) is 6.07 Å². The van der Waals surface area contributed by atoms with Gasteiger partial charge in [0.25, 0.3) is 0 Å². The van der Waals surface area contributed by atoms with Gasteiger partial charge in [-0.05, 0) is 25.0 Å². The highest BCUT2D eigenvalue weighted by Crippen LogP contribution is 2.27. The van der Waals surface area contributed by atoms with Gasteiger partial charge in [0.1, 0.15) is 11.5 Å². The Kier molecular flexibility index (Phi) is 2.91. The second-order valence-electron chi connectivity index (χ2n) is 4.19. The van der Waals surface area contributed by atoms with Gasteiger partial charge in [-0.15, -0.1) is 11.3 Å². The first-order valence-corrected chi connectivity index (χ1v) is 5.99. The van der Waals surface area contributed by atoms with Crippen LogP contribution in [0.25, 0.3) is 10.6 Å². The molecular weight excluding hydrogens is 206 g/mol. The van der Waals surface area contributed by atoms with Crippen LogP contribution in [0, 0.1) is 12.8 Å². The molecule has 2 heterocycles. The fourth-order valence-electron chi connectivity index (χ4n) is 1.50. The lowest BCUT2D eigenvalue weighted by atomic mass is 10.1. The zero-order chi connectivity index (χ0) is 10.8. The number of aromatic nitrogens is 1. The van der Waals surface area contributed by atoms with Crippen LogP contribution in [0.3, 0.4) is 0 Å². The van der Waals surface area contributed by atoms with E-state index in [9.17, 15) is 0 Å². The van der Waals surface area contributed by atoms with Gasteiger partial charge in [-0.25, -0.2) is 0 Å². The summed E-state index contributed by atoms with van der Waals surface area (Å²) >= 11 is 1.75. The molecule has 0 saturated carbocycles. The average Bonchev–Trinajstić information content (AvgIpc) is 2.72. The number of rotatable bonds is 3. The van der Waals surface area contributed by atoms with E-state index >= 15 is 0 Å². The Balaban J connectivity index is 2.20. The van der Waals surface area contributed by atoms with E-state index in [2.05, 4.69) is 38.1 Å². The van der Waals surface area contributed by atoms with Gasteiger partial charge in [0.15, 0.2) is 0 Å². The quantitative estimate of drug-likeness (QED) is 0.785. The smallest absolute Gasteiger partial charge is 0.137 e. The minimum absolute atomic E-state index is 0.607. The topological polar surface area (TPSA) is 26.0 Å². The zero-order valence-corrected chi connectivity index (χ0v) is 10.1. The van der Waals surface area contributed by atoms with Gasteiger partial charge in [0.05, 0.1) is 4.88 Å². The van der Waals surface area contributed by atoms with Gasteiger partial charge in [0.2, 0.25) is 0 Å². The molecule has 0 amide bonds. The Morgan fingerprint density at radius 2 is 2.20 bits per heavy atom. The predicted molar refractivity (Wildman–Crippen MR) is 63.1 cm³/mol. The second kappa shape index (κ2) is 4.19. The molecule has 0 atom stereocenters. The van der Waals surface area contributed by atoms with Crippen LogP contribution in [0.5, 0.6) is 0 Å². The van der Waals surface area contributed by atoms with E-state index in [1.54, 1.807) is 11.3 Å². The van der Waals surface area contributed by atoms with Gasteiger partial charge in [-0.1, -0.05) is 19.0 Å². The molecule has 0 radical (unpaired) electrons. The molecular formula is C12H15NOS. The summed E-state index contributed by atoms with van der Waals surface area (Å²) in [5, 5.41) is 4.09. The van der Waals surface area contributed by atoms with Crippen molar-refractivity contribution >= 4 is 11.3 Å². The first kappa shape index (κ1) is 10.4. The van der Waals surface area contributed by atoms with E-state index in [1.165, 1.54) is 9.75 Å². The Morgan fingerprint density at radius 3 is 2.80 bits per heavy atom. The molecule has 0 unspecified atom stereocenters. The molecule has 0 fully saturated rings. The molecule has 0 aliphatic heterocycles. The lowest BCUT2D eigenvalue weighted by molar-refractivity contribution is 0.370. The fraction of sp³-hybridized carbons (Fsp3) is 0.417. The molecule has 2 rings (SSSR count). The summed E-state index contributed by atoms with van der Waals surface area (Å²) in [6, 6.07) is 6.25. The van der Waals surface area contributed by atoms with E-state index in [0.717, 1.165) is 17.9 Å². The van der Waals surface area contributed by atoms with Gasteiger partial charge in [0, 0.05) is 17.4 Å². The number of thiophene rings is 1. The second-order valence-corrected chi connectivity index (χ2v) is 5.47. The molecule has 2 aromatic rings. The van der Waals surface area contributed by atoms with Gasteiger partial charge < -0.3 is 4.52 Å². The third-order valence-electron chi connectivity index (χ3n) is 2.16. The van der Waals surface area contributed by atoms with Crippen molar-refractivity contribution in [1.82, 2.24) is 5.16 Å². The maximum atomic E-state index is 5.30. The van der Waals surface area contributed by atoms with Crippen LogP contribution in [0.15, 0.2) is 22.7 Å². The molecule has 0 bridgehead atoms. The minimum Gasteiger partial charge on any atom is -0.361 e. The number of hydrogen-bond donors (Lipinski definition) is 0.